The van der Waals surface area contributed by atoms with Crippen molar-refractivity contribution in [3.05, 3.63) is 24.8 Å². The number of allylic oxidation sites excluding steroid dienone is 3. The van der Waals surface area contributed by atoms with Gasteiger partial charge in [-0.05, 0) is 38.0 Å². The normalized spacial score (nSPS) is 37.5. The second-order valence-electron chi connectivity index (χ2n) is 6.68. The maximum absolute atomic E-state index is 12.6. The van der Waals surface area contributed by atoms with E-state index in [1.165, 1.54) is 32.1 Å². The van der Waals surface area contributed by atoms with Crippen LogP contribution < -0.4 is 5.32 Å². The van der Waals surface area contributed by atoms with Gasteiger partial charge < -0.3 is 5.32 Å². The van der Waals surface area contributed by atoms with Crippen LogP contribution in [0.1, 0.15) is 51.4 Å². The molecule has 104 valence electrons. The van der Waals surface area contributed by atoms with Crippen LogP contribution in [0.4, 0.5) is 0 Å². The third kappa shape index (κ3) is 2.37. The lowest BCUT2D eigenvalue weighted by Gasteiger charge is -2.32. The lowest BCUT2D eigenvalue weighted by molar-refractivity contribution is -0.128. The molecule has 2 fully saturated rings. The first-order valence-electron chi connectivity index (χ1n) is 7.84. The summed E-state index contributed by atoms with van der Waals surface area (Å²) in [4.78, 5) is 12.6. The molecule has 2 bridgehead atoms. The first-order valence-corrected chi connectivity index (χ1v) is 7.84. The maximum atomic E-state index is 12.6. The molecule has 0 spiro atoms. The lowest BCUT2D eigenvalue weighted by Crippen LogP contribution is -2.43. The highest BCUT2D eigenvalue weighted by Gasteiger charge is 2.51. The minimum absolute atomic E-state index is 0.0885. The molecule has 0 radical (unpaired) electrons. The van der Waals surface area contributed by atoms with Crippen molar-refractivity contribution < 1.29 is 4.79 Å². The third-order valence-electron chi connectivity index (χ3n) is 5.37. The number of carbonyl (C=O) groups is 1. The summed E-state index contributed by atoms with van der Waals surface area (Å²) in [6.45, 7) is 3.88. The predicted octanol–water partition coefficient (Wildman–Crippen LogP) is 3.59. The maximum Gasteiger partial charge on any atom is 0.224 e. The van der Waals surface area contributed by atoms with Crippen molar-refractivity contribution in [2.45, 2.75) is 57.4 Å². The molecule has 0 heterocycles. The molecule has 0 aromatic rings. The van der Waals surface area contributed by atoms with Crippen LogP contribution in [0.15, 0.2) is 24.8 Å². The van der Waals surface area contributed by atoms with Gasteiger partial charge in [0.1, 0.15) is 0 Å². The SMILES string of the molecule is C=CCC12C=CC(CC1C(=O)NC1CCCCC1)C2. The number of fused-ring (bicyclic) bond motifs is 2. The fourth-order valence-corrected chi connectivity index (χ4v) is 4.39. The molecule has 2 saturated carbocycles. The number of amides is 1. The predicted molar refractivity (Wildman–Crippen MR) is 77.6 cm³/mol. The van der Waals surface area contributed by atoms with Gasteiger partial charge in [-0.2, -0.15) is 0 Å². The van der Waals surface area contributed by atoms with Gasteiger partial charge in [-0.15, -0.1) is 6.58 Å². The van der Waals surface area contributed by atoms with Gasteiger partial charge in [0.05, 0.1) is 0 Å². The Morgan fingerprint density at radius 2 is 2.16 bits per heavy atom. The van der Waals surface area contributed by atoms with E-state index in [0.29, 0.717) is 17.9 Å². The van der Waals surface area contributed by atoms with Crippen LogP contribution in [-0.2, 0) is 4.79 Å². The van der Waals surface area contributed by atoms with Crippen LogP contribution in [0, 0.1) is 17.3 Å². The standard InChI is InChI=1S/C17H25NO/c1-2-9-17-10-8-13(12-17)11-15(17)16(19)18-14-6-4-3-5-7-14/h2,8,10,13-15H,1,3-7,9,11-12H2,(H,18,19). The number of nitrogens with one attached hydrogen (secondary N) is 1. The molecule has 3 atom stereocenters. The van der Waals surface area contributed by atoms with Gasteiger partial charge >= 0.3 is 0 Å². The highest BCUT2D eigenvalue weighted by Crippen LogP contribution is 2.55. The average molecular weight is 259 g/mol. The molecule has 3 aliphatic rings. The molecule has 2 nitrogen and oxygen atoms in total. The Morgan fingerprint density at radius 3 is 2.84 bits per heavy atom. The van der Waals surface area contributed by atoms with Crippen LogP contribution in [0.3, 0.4) is 0 Å². The van der Waals surface area contributed by atoms with Gasteiger partial charge in [0.2, 0.25) is 5.91 Å². The van der Waals surface area contributed by atoms with Crippen molar-refractivity contribution in [2.24, 2.45) is 17.3 Å². The average Bonchev–Trinajstić information content (AvgIpc) is 2.97. The molecule has 0 aromatic carbocycles. The largest absolute Gasteiger partial charge is 0.353 e. The second-order valence-corrected chi connectivity index (χ2v) is 6.68. The molecule has 3 unspecified atom stereocenters. The Morgan fingerprint density at radius 1 is 1.37 bits per heavy atom. The van der Waals surface area contributed by atoms with E-state index in [0.717, 1.165) is 19.3 Å². The quantitative estimate of drug-likeness (QED) is 0.768. The lowest BCUT2D eigenvalue weighted by atomic mass is 9.74. The van der Waals surface area contributed by atoms with Crippen molar-refractivity contribution in [3.8, 4) is 0 Å². The summed E-state index contributed by atoms with van der Waals surface area (Å²) in [5, 5.41) is 3.32. The van der Waals surface area contributed by atoms with Crippen LogP contribution in [0.5, 0.6) is 0 Å². The van der Waals surface area contributed by atoms with E-state index in [1.54, 1.807) is 0 Å². The van der Waals surface area contributed by atoms with E-state index in [1.807, 2.05) is 6.08 Å². The first kappa shape index (κ1) is 13.0. The Labute approximate surface area is 116 Å². The number of hydrogen-bond donors (Lipinski definition) is 1. The van der Waals surface area contributed by atoms with E-state index in [2.05, 4.69) is 24.0 Å². The molecule has 0 aromatic heterocycles. The molecule has 3 rings (SSSR count). The van der Waals surface area contributed by atoms with Gasteiger partial charge in [0.25, 0.3) is 0 Å². The summed E-state index contributed by atoms with van der Waals surface area (Å²) in [7, 11) is 0. The monoisotopic (exact) mass is 259 g/mol. The molecular formula is C17H25NO. The van der Waals surface area contributed by atoms with Crippen molar-refractivity contribution in [3.63, 3.8) is 0 Å². The Bertz CT molecular complexity index is 394. The van der Waals surface area contributed by atoms with Crippen molar-refractivity contribution in [1.82, 2.24) is 5.32 Å². The van der Waals surface area contributed by atoms with E-state index in [-0.39, 0.29) is 11.3 Å². The van der Waals surface area contributed by atoms with Gasteiger partial charge in [-0.25, -0.2) is 0 Å². The van der Waals surface area contributed by atoms with Gasteiger partial charge in [-0.1, -0.05) is 37.5 Å². The minimum Gasteiger partial charge on any atom is -0.353 e. The summed E-state index contributed by atoms with van der Waals surface area (Å²) in [5.41, 5.74) is 0.0885. The summed E-state index contributed by atoms with van der Waals surface area (Å²) >= 11 is 0. The number of hydrogen-bond acceptors (Lipinski definition) is 1. The minimum atomic E-state index is 0.0885. The van der Waals surface area contributed by atoms with Gasteiger partial charge in [-0.3, -0.25) is 4.79 Å². The molecule has 19 heavy (non-hydrogen) atoms. The van der Waals surface area contributed by atoms with Crippen molar-refractivity contribution in [2.75, 3.05) is 0 Å². The van der Waals surface area contributed by atoms with Crippen molar-refractivity contribution >= 4 is 5.91 Å². The fourth-order valence-electron chi connectivity index (χ4n) is 4.39. The number of carbonyl (C=O) groups excluding carboxylic acids is 1. The Kier molecular flexibility index (Phi) is 3.51. The molecule has 3 aliphatic carbocycles. The zero-order valence-electron chi connectivity index (χ0n) is 11.7. The fraction of sp³-hybridized carbons (Fsp3) is 0.706. The highest BCUT2D eigenvalue weighted by atomic mass is 16.2. The molecule has 2 heteroatoms. The Hall–Kier alpha value is -1.05. The molecule has 0 aliphatic heterocycles. The molecular weight excluding hydrogens is 234 g/mol. The van der Waals surface area contributed by atoms with E-state index in [4.69, 9.17) is 0 Å². The molecule has 1 amide bonds. The zero-order valence-corrected chi connectivity index (χ0v) is 11.7. The van der Waals surface area contributed by atoms with Gasteiger partial charge in [0.15, 0.2) is 0 Å². The van der Waals surface area contributed by atoms with E-state index < -0.39 is 0 Å². The zero-order chi connectivity index (χ0) is 13.3. The second kappa shape index (κ2) is 5.15. The number of rotatable bonds is 4. The topological polar surface area (TPSA) is 29.1 Å². The summed E-state index contributed by atoms with van der Waals surface area (Å²) < 4.78 is 0. The van der Waals surface area contributed by atoms with Crippen LogP contribution in [0.25, 0.3) is 0 Å². The smallest absolute Gasteiger partial charge is 0.224 e. The van der Waals surface area contributed by atoms with Crippen LogP contribution >= 0.6 is 0 Å². The molecule has 1 N–H and O–H groups in total. The van der Waals surface area contributed by atoms with Gasteiger partial charge in [0, 0.05) is 17.4 Å². The van der Waals surface area contributed by atoms with E-state index >= 15 is 0 Å². The first-order chi connectivity index (χ1) is 9.23. The summed E-state index contributed by atoms with van der Waals surface area (Å²) in [5.74, 6) is 1.12. The third-order valence-corrected chi connectivity index (χ3v) is 5.37. The van der Waals surface area contributed by atoms with E-state index in [9.17, 15) is 4.79 Å². The summed E-state index contributed by atoms with van der Waals surface area (Å²) in [6.07, 6.45) is 16.0. The van der Waals surface area contributed by atoms with Crippen LogP contribution in [-0.4, -0.2) is 11.9 Å². The van der Waals surface area contributed by atoms with Crippen molar-refractivity contribution in [1.29, 1.82) is 0 Å². The summed E-state index contributed by atoms with van der Waals surface area (Å²) in [6, 6.07) is 0.435. The highest BCUT2D eigenvalue weighted by molar-refractivity contribution is 5.81. The molecule has 0 saturated heterocycles. The van der Waals surface area contributed by atoms with Crippen LogP contribution in [0.2, 0.25) is 0 Å². The Balaban J connectivity index is 1.66.